The van der Waals surface area contributed by atoms with Gasteiger partial charge < -0.3 is 5.32 Å². The fraction of sp³-hybridized carbons (Fsp3) is 0.294. The summed E-state index contributed by atoms with van der Waals surface area (Å²) in [5, 5.41) is 5.67. The van der Waals surface area contributed by atoms with Gasteiger partial charge in [-0.15, -0.1) is 11.3 Å². The second-order valence-corrected chi connectivity index (χ2v) is 6.55. The Morgan fingerprint density at radius 2 is 1.86 bits per heavy atom. The quantitative estimate of drug-likeness (QED) is 0.796. The van der Waals surface area contributed by atoms with Gasteiger partial charge in [0.2, 0.25) is 0 Å². The van der Waals surface area contributed by atoms with E-state index in [0.717, 1.165) is 21.9 Å². The van der Waals surface area contributed by atoms with Crippen LogP contribution in [0, 0.1) is 20.8 Å². The van der Waals surface area contributed by atoms with Crippen molar-refractivity contribution in [3.05, 3.63) is 57.2 Å². The second kappa shape index (κ2) is 5.54. The molecule has 4 heteroatoms. The zero-order chi connectivity index (χ0) is 15.0. The molecule has 1 atom stereocenters. The third-order valence-corrected chi connectivity index (χ3v) is 4.90. The highest BCUT2D eigenvalue weighted by Crippen LogP contribution is 2.29. The molecule has 108 valence electrons. The Morgan fingerprint density at radius 3 is 2.52 bits per heavy atom. The van der Waals surface area contributed by atoms with Crippen LogP contribution in [0.1, 0.15) is 32.9 Å². The highest BCUT2D eigenvalue weighted by atomic mass is 32.1. The first kappa shape index (κ1) is 14.2. The van der Waals surface area contributed by atoms with Crippen molar-refractivity contribution in [3.8, 4) is 0 Å². The molecule has 3 rings (SSSR count). The fourth-order valence-corrected chi connectivity index (χ4v) is 3.54. The highest BCUT2D eigenvalue weighted by molar-refractivity contribution is 7.11. The van der Waals surface area contributed by atoms with Crippen LogP contribution in [0.5, 0.6) is 0 Å². The van der Waals surface area contributed by atoms with Crippen LogP contribution in [0.3, 0.4) is 0 Å². The maximum Gasteiger partial charge on any atom is 0.115 e. The van der Waals surface area contributed by atoms with E-state index in [9.17, 15) is 0 Å². The maximum absolute atomic E-state index is 4.69. The van der Waals surface area contributed by atoms with Gasteiger partial charge in [0.05, 0.1) is 17.3 Å². The lowest BCUT2D eigenvalue weighted by atomic mass is 10.0. The summed E-state index contributed by atoms with van der Waals surface area (Å²) in [5.41, 5.74) is 4.43. The Morgan fingerprint density at radius 1 is 1.05 bits per heavy atom. The molecule has 0 aliphatic carbocycles. The first-order chi connectivity index (χ1) is 10.1. The summed E-state index contributed by atoms with van der Waals surface area (Å²) >= 11 is 1.76. The molecule has 0 amide bonds. The zero-order valence-corrected chi connectivity index (χ0v) is 13.6. The number of fused-ring (bicyclic) bond motifs is 1. The van der Waals surface area contributed by atoms with Crippen molar-refractivity contribution in [3.63, 3.8) is 0 Å². The molecule has 0 aliphatic rings. The lowest BCUT2D eigenvalue weighted by Crippen LogP contribution is -2.17. The summed E-state index contributed by atoms with van der Waals surface area (Å²) < 4.78 is 0. The van der Waals surface area contributed by atoms with E-state index >= 15 is 0 Å². The van der Waals surface area contributed by atoms with Gasteiger partial charge in [-0.3, -0.25) is 4.98 Å². The third kappa shape index (κ3) is 2.69. The number of benzene rings is 1. The number of nitrogens with zero attached hydrogens (tertiary/aromatic N) is 2. The van der Waals surface area contributed by atoms with E-state index in [1.54, 1.807) is 11.3 Å². The van der Waals surface area contributed by atoms with E-state index in [4.69, 9.17) is 4.98 Å². The molecule has 0 spiro atoms. The highest BCUT2D eigenvalue weighted by Gasteiger charge is 2.17. The summed E-state index contributed by atoms with van der Waals surface area (Å²) in [6.07, 6.45) is 0. The monoisotopic (exact) mass is 297 g/mol. The number of hydrogen-bond acceptors (Lipinski definition) is 4. The molecule has 0 saturated heterocycles. The van der Waals surface area contributed by atoms with Crippen LogP contribution in [0.2, 0.25) is 0 Å². The fourth-order valence-electron chi connectivity index (χ4n) is 2.48. The average molecular weight is 297 g/mol. The van der Waals surface area contributed by atoms with Crippen LogP contribution >= 0.6 is 11.3 Å². The third-order valence-electron chi connectivity index (χ3n) is 3.77. The normalized spacial score (nSPS) is 12.8. The number of rotatable bonds is 3. The van der Waals surface area contributed by atoms with E-state index in [1.807, 2.05) is 14.0 Å². The standard InChI is InChI=1S/C17H19N3S/c1-10-5-6-13-9-14(7-8-15(13)19-10)16(18-4)17-20-11(2)12(3)21-17/h5-9,16,18H,1-4H3. The molecule has 1 aromatic carbocycles. The zero-order valence-electron chi connectivity index (χ0n) is 12.8. The van der Waals surface area contributed by atoms with E-state index in [-0.39, 0.29) is 6.04 Å². The van der Waals surface area contributed by atoms with Crippen molar-refractivity contribution < 1.29 is 0 Å². The van der Waals surface area contributed by atoms with Crippen molar-refractivity contribution >= 4 is 22.2 Å². The number of pyridine rings is 1. The summed E-state index contributed by atoms with van der Waals surface area (Å²) in [6.45, 7) is 6.20. The molecule has 1 unspecified atom stereocenters. The second-order valence-electron chi connectivity index (χ2n) is 5.32. The van der Waals surface area contributed by atoms with Crippen LogP contribution in [-0.2, 0) is 0 Å². The molecule has 21 heavy (non-hydrogen) atoms. The van der Waals surface area contributed by atoms with Crippen LogP contribution in [-0.4, -0.2) is 17.0 Å². The van der Waals surface area contributed by atoms with Gasteiger partial charge in [-0.2, -0.15) is 0 Å². The van der Waals surface area contributed by atoms with Crippen molar-refractivity contribution in [1.29, 1.82) is 0 Å². The molecular weight excluding hydrogens is 278 g/mol. The topological polar surface area (TPSA) is 37.8 Å². The van der Waals surface area contributed by atoms with Gasteiger partial charge in [0.25, 0.3) is 0 Å². The van der Waals surface area contributed by atoms with Gasteiger partial charge in [-0.1, -0.05) is 12.1 Å². The minimum Gasteiger partial charge on any atom is -0.307 e. The average Bonchev–Trinajstić information content (AvgIpc) is 2.79. The van der Waals surface area contributed by atoms with Crippen LogP contribution in [0.4, 0.5) is 0 Å². The number of nitrogens with one attached hydrogen (secondary N) is 1. The maximum atomic E-state index is 4.69. The lowest BCUT2D eigenvalue weighted by molar-refractivity contribution is 0.685. The molecule has 3 aromatic rings. The first-order valence-corrected chi connectivity index (χ1v) is 7.88. The van der Waals surface area contributed by atoms with Crippen molar-refractivity contribution in [2.24, 2.45) is 0 Å². The largest absolute Gasteiger partial charge is 0.307 e. The van der Waals surface area contributed by atoms with Crippen LogP contribution < -0.4 is 5.32 Å². The van der Waals surface area contributed by atoms with E-state index in [0.29, 0.717) is 0 Å². The summed E-state index contributed by atoms with van der Waals surface area (Å²) in [7, 11) is 1.98. The number of thiazole rings is 1. The molecule has 2 aromatic heterocycles. The molecule has 3 nitrogen and oxygen atoms in total. The minimum absolute atomic E-state index is 0.133. The van der Waals surface area contributed by atoms with Crippen molar-refractivity contribution in [1.82, 2.24) is 15.3 Å². The van der Waals surface area contributed by atoms with E-state index in [2.05, 4.69) is 54.5 Å². The van der Waals surface area contributed by atoms with Gasteiger partial charge in [0, 0.05) is 16.0 Å². The van der Waals surface area contributed by atoms with E-state index in [1.165, 1.54) is 15.8 Å². The Hall–Kier alpha value is -1.78. The Balaban J connectivity index is 2.06. The molecule has 0 saturated carbocycles. The minimum atomic E-state index is 0.133. The predicted octanol–water partition coefficient (Wildman–Crippen LogP) is 3.93. The Kier molecular flexibility index (Phi) is 3.74. The molecule has 2 heterocycles. The Bertz CT molecular complexity index is 772. The number of aryl methyl sites for hydroxylation is 3. The molecule has 0 fully saturated rings. The summed E-state index contributed by atoms with van der Waals surface area (Å²) in [6, 6.07) is 10.8. The lowest BCUT2D eigenvalue weighted by Gasteiger charge is -2.14. The molecule has 1 N–H and O–H groups in total. The van der Waals surface area contributed by atoms with E-state index < -0.39 is 0 Å². The van der Waals surface area contributed by atoms with Crippen LogP contribution in [0.15, 0.2) is 30.3 Å². The van der Waals surface area contributed by atoms with Crippen LogP contribution in [0.25, 0.3) is 10.9 Å². The summed E-state index contributed by atoms with van der Waals surface area (Å²) in [5.74, 6) is 0. The molecule has 0 bridgehead atoms. The van der Waals surface area contributed by atoms with Gasteiger partial charge in [0.1, 0.15) is 5.01 Å². The van der Waals surface area contributed by atoms with Gasteiger partial charge in [-0.25, -0.2) is 4.98 Å². The summed E-state index contributed by atoms with van der Waals surface area (Å²) in [4.78, 5) is 10.5. The Labute approximate surface area is 129 Å². The van der Waals surface area contributed by atoms with Gasteiger partial charge in [-0.05, 0) is 51.6 Å². The van der Waals surface area contributed by atoms with Crippen molar-refractivity contribution in [2.75, 3.05) is 7.05 Å². The van der Waals surface area contributed by atoms with Gasteiger partial charge >= 0.3 is 0 Å². The number of hydrogen-bond donors (Lipinski definition) is 1. The van der Waals surface area contributed by atoms with Crippen molar-refractivity contribution in [2.45, 2.75) is 26.8 Å². The van der Waals surface area contributed by atoms with Gasteiger partial charge in [0.15, 0.2) is 0 Å². The number of aromatic nitrogens is 2. The smallest absolute Gasteiger partial charge is 0.115 e. The molecule has 0 aliphatic heterocycles. The first-order valence-electron chi connectivity index (χ1n) is 7.07. The predicted molar refractivity (Wildman–Crippen MR) is 89.0 cm³/mol. The SMILES string of the molecule is CNC(c1ccc2nc(C)ccc2c1)c1nc(C)c(C)s1. The molecule has 0 radical (unpaired) electrons. The molecular formula is C17H19N3S.